The van der Waals surface area contributed by atoms with Gasteiger partial charge in [0.1, 0.15) is 0 Å². The Morgan fingerprint density at radius 2 is 1.86 bits per heavy atom. The number of amides is 1. The number of nitrogens with zero attached hydrogens (tertiary/aromatic N) is 1. The standard InChI is InChI=1S/C24H24N2O3/c1-15-11-12-21-18(13-15)23(17-8-4-6-10-20(17)25-21)24(28)29-14-22(27)26-19-9-5-3-7-16(19)2/h3,5,7,9,11-13H,4,6,8,10,14H2,1-2H3,(H,26,27). The first-order chi connectivity index (χ1) is 14.0. The van der Waals surface area contributed by atoms with E-state index in [9.17, 15) is 9.59 Å². The molecule has 2 aromatic carbocycles. The van der Waals surface area contributed by atoms with E-state index >= 15 is 0 Å². The van der Waals surface area contributed by atoms with Gasteiger partial charge in [0.2, 0.25) is 0 Å². The van der Waals surface area contributed by atoms with Gasteiger partial charge < -0.3 is 10.1 Å². The normalized spacial score (nSPS) is 13.0. The molecule has 0 atom stereocenters. The molecular formula is C24H24N2O3. The van der Waals surface area contributed by atoms with Crippen LogP contribution >= 0.6 is 0 Å². The van der Waals surface area contributed by atoms with Gasteiger partial charge in [-0.25, -0.2) is 4.79 Å². The lowest BCUT2D eigenvalue weighted by atomic mass is 9.89. The average molecular weight is 388 g/mol. The summed E-state index contributed by atoms with van der Waals surface area (Å²) < 4.78 is 5.44. The summed E-state index contributed by atoms with van der Waals surface area (Å²) in [5.41, 5.74) is 6.04. The molecule has 1 aliphatic rings. The second-order valence-electron chi connectivity index (χ2n) is 7.58. The molecule has 5 heteroatoms. The number of para-hydroxylation sites is 1. The van der Waals surface area contributed by atoms with Crippen LogP contribution in [0.3, 0.4) is 0 Å². The third-order valence-electron chi connectivity index (χ3n) is 5.37. The molecule has 1 aliphatic carbocycles. The predicted octanol–water partition coefficient (Wildman–Crippen LogP) is 4.53. The molecule has 1 N–H and O–H groups in total. The molecule has 3 aromatic rings. The molecule has 1 heterocycles. The van der Waals surface area contributed by atoms with E-state index < -0.39 is 5.97 Å². The third kappa shape index (κ3) is 3.99. The van der Waals surface area contributed by atoms with E-state index in [4.69, 9.17) is 9.72 Å². The van der Waals surface area contributed by atoms with Gasteiger partial charge >= 0.3 is 5.97 Å². The van der Waals surface area contributed by atoms with Gasteiger partial charge in [0.05, 0.1) is 11.1 Å². The van der Waals surface area contributed by atoms with Crippen LogP contribution < -0.4 is 5.32 Å². The van der Waals surface area contributed by atoms with Gasteiger partial charge in [0.25, 0.3) is 5.91 Å². The third-order valence-corrected chi connectivity index (χ3v) is 5.37. The first-order valence-corrected chi connectivity index (χ1v) is 9.97. The van der Waals surface area contributed by atoms with Crippen molar-refractivity contribution < 1.29 is 14.3 Å². The van der Waals surface area contributed by atoms with Crippen LogP contribution in [0.15, 0.2) is 42.5 Å². The lowest BCUT2D eigenvalue weighted by molar-refractivity contribution is -0.119. The van der Waals surface area contributed by atoms with Gasteiger partial charge in [-0.05, 0) is 68.9 Å². The maximum absolute atomic E-state index is 13.0. The summed E-state index contributed by atoms with van der Waals surface area (Å²) in [5.74, 6) is -0.808. The Morgan fingerprint density at radius 3 is 2.69 bits per heavy atom. The maximum atomic E-state index is 13.0. The van der Waals surface area contributed by atoms with Crippen molar-refractivity contribution in [1.82, 2.24) is 4.98 Å². The smallest absolute Gasteiger partial charge is 0.339 e. The lowest BCUT2D eigenvalue weighted by Gasteiger charge is -2.20. The number of pyridine rings is 1. The molecule has 0 saturated carbocycles. The number of fused-ring (bicyclic) bond motifs is 2. The highest BCUT2D eigenvalue weighted by Crippen LogP contribution is 2.30. The Hall–Kier alpha value is -3.21. The molecule has 0 bridgehead atoms. The summed E-state index contributed by atoms with van der Waals surface area (Å²) in [4.78, 5) is 30.1. The number of hydrogen-bond acceptors (Lipinski definition) is 4. The second-order valence-corrected chi connectivity index (χ2v) is 7.58. The monoisotopic (exact) mass is 388 g/mol. The summed E-state index contributed by atoms with van der Waals surface area (Å²) in [6.45, 7) is 3.58. The minimum atomic E-state index is -0.457. The van der Waals surface area contributed by atoms with Crippen molar-refractivity contribution in [3.8, 4) is 0 Å². The zero-order chi connectivity index (χ0) is 20.4. The molecule has 0 radical (unpaired) electrons. The number of ether oxygens (including phenoxy) is 1. The fourth-order valence-electron chi connectivity index (χ4n) is 3.87. The van der Waals surface area contributed by atoms with Gasteiger partial charge in [-0.1, -0.05) is 29.8 Å². The maximum Gasteiger partial charge on any atom is 0.339 e. The number of hydrogen-bond donors (Lipinski definition) is 1. The summed E-state index contributed by atoms with van der Waals surface area (Å²) in [5, 5.41) is 3.60. The van der Waals surface area contributed by atoms with Crippen molar-refractivity contribution in [1.29, 1.82) is 0 Å². The molecule has 0 spiro atoms. The summed E-state index contributed by atoms with van der Waals surface area (Å²) in [6, 6.07) is 13.4. The Bertz CT molecular complexity index is 1100. The van der Waals surface area contributed by atoms with Gasteiger partial charge in [0, 0.05) is 16.8 Å². The zero-order valence-corrected chi connectivity index (χ0v) is 16.7. The number of esters is 1. The van der Waals surface area contributed by atoms with Crippen LogP contribution in [-0.2, 0) is 22.4 Å². The number of rotatable bonds is 4. The van der Waals surface area contributed by atoms with Crippen molar-refractivity contribution in [3.63, 3.8) is 0 Å². The second kappa shape index (κ2) is 8.03. The zero-order valence-electron chi connectivity index (χ0n) is 16.7. The quantitative estimate of drug-likeness (QED) is 0.667. The van der Waals surface area contributed by atoms with E-state index in [1.54, 1.807) is 0 Å². The summed E-state index contributed by atoms with van der Waals surface area (Å²) in [7, 11) is 0. The molecule has 0 aliphatic heterocycles. The van der Waals surface area contributed by atoms with Crippen LogP contribution in [0.5, 0.6) is 0 Å². The minimum absolute atomic E-state index is 0.322. The Labute approximate surface area is 170 Å². The molecule has 0 unspecified atom stereocenters. The molecule has 148 valence electrons. The molecule has 1 amide bonds. The van der Waals surface area contributed by atoms with Crippen LogP contribution in [0.2, 0.25) is 0 Å². The topological polar surface area (TPSA) is 68.3 Å². The van der Waals surface area contributed by atoms with Gasteiger partial charge in [-0.3, -0.25) is 9.78 Å². The number of carbonyl (C=O) groups excluding carboxylic acids is 2. The number of benzene rings is 2. The molecule has 0 saturated heterocycles. The first-order valence-electron chi connectivity index (χ1n) is 9.97. The Kier molecular flexibility index (Phi) is 5.30. The van der Waals surface area contributed by atoms with Crippen LogP contribution in [0.1, 0.15) is 45.6 Å². The van der Waals surface area contributed by atoms with E-state index in [2.05, 4.69) is 5.32 Å². The molecule has 1 aromatic heterocycles. The SMILES string of the molecule is Cc1ccc2nc3c(c(C(=O)OCC(=O)Nc4ccccc4C)c2c1)CCCC3. The van der Waals surface area contributed by atoms with Crippen LogP contribution in [0.4, 0.5) is 5.69 Å². The number of anilines is 1. The van der Waals surface area contributed by atoms with Gasteiger partial charge in [-0.2, -0.15) is 0 Å². The molecular weight excluding hydrogens is 364 g/mol. The van der Waals surface area contributed by atoms with Crippen LogP contribution in [0.25, 0.3) is 10.9 Å². The first kappa shape index (κ1) is 19.1. The fourth-order valence-corrected chi connectivity index (χ4v) is 3.87. The molecule has 5 nitrogen and oxygen atoms in total. The lowest BCUT2D eigenvalue weighted by Crippen LogP contribution is -2.23. The van der Waals surface area contributed by atoms with Crippen molar-refractivity contribution in [2.45, 2.75) is 39.5 Å². The Balaban J connectivity index is 1.59. The van der Waals surface area contributed by atoms with E-state index in [0.717, 1.165) is 64.7 Å². The van der Waals surface area contributed by atoms with E-state index in [0.29, 0.717) is 5.56 Å². The largest absolute Gasteiger partial charge is 0.452 e. The van der Waals surface area contributed by atoms with Crippen LogP contribution in [0, 0.1) is 13.8 Å². The number of nitrogens with one attached hydrogen (secondary N) is 1. The molecule has 4 rings (SSSR count). The molecule has 29 heavy (non-hydrogen) atoms. The number of aryl methyl sites for hydroxylation is 3. The summed E-state index contributed by atoms with van der Waals surface area (Å²) in [6.07, 6.45) is 3.78. The average Bonchev–Trinajstić information content (AvgIpc) is 2.72. The highest BCUT2D eigenvalue weighted by atomic mass is 16.5. The minimum Gasteiger partial charge on any atom is -0.452 e. The van der Waals surface area contributed by atoms with Crippen molar-refractivity contribution in [2.75, 3.05) is 11.9 Å². The molecule has 0 fully saturated rings. The van der Waals surface area contributed by atoms with Crippen molar-refractivity contribution in [3.05, 3.63) is 70.4 Å². The van der Waals surface area contributed by atoms with E-state index in [1.807, 2.05) is 56.3 Å². The van der Waals surface area contributed by atoms with Crippen molar-refractivity contribution >= 4 is 28.5 Å². The fraction of sp³-hybridized carbons (Fsp3) is 0.292. The van der Waals surface area contributed by atoms with Crippen LogP contribution in [-0.4, -0.2) is 23.5 Å². The van der Waals surface area contributed by atoms with Crippen molar-refractivity contribution in [2.24, 2.45) is 0 Å². The van der Waals surface area contributed by atoms with Gasteiger partial charge in [-0.15, -0.1) is 0 Å². The van der Waals surface area contributed by atoms with Gasteiger partial charge in [0.15, 0.2) is 6.61 Å². The highest BCUT2D eigenvalue weighted by molar-refractivity contribution is 6.06. The highest BCUT2D eigenvalue weighted by Gasteiger charge is 2.24. The summed E-state index contributed by atoms with van der Waals surface area (Å²) >= 11 is 0. The van der Waals surface area contributed by atoms with E-state index in [1.165, 1.54) is 0 Å². The number of aromatic nitrogens is 1. The van der Waals surface area contributed by atoms with E-state index in [-0.39, 0.29) is 12.5 Å². The Morgan fingerprint density at radius 1 is 1.07 bits per heavy atom. The predicted molar refractivity (Wildman–Crippen MR) is 113 cm³/mol. The number of carbonyl (C=O) groups is 2.